The van der Waals surface area contributed by atoms with E-state index in [-0.39, 0.29) is 6.54 Å². The zero-order chi connectivity index (χ0) is 26.3. The van der Waals surface area contributed by atoms with Crippen LogP contribution in [0.2, 0.25) is 0 Å². The van der Waals surface area contributed by atoms with Crippen molar-refractivity contribution in [1.82, 2.24) is 15.0 Å². The van der Waals surface area contributed by atoms with E-state index in [1.807, 2.05) is 19.5 Å². The van der Waals surface area contributed by atoms with E-state index in [1.54, 1.807) is 17.2 Å². The summed E-state index contributed by atoms with van der Waals surface area (Å²) in [4.78, 5) is 17.7. The molecular formula is C27H36FN6O2P. The van der Waals surface area contributed by atoms with Gasteiger partial charge in [-0.1, -0.05) is 19.9 Å². The second kappa shape index (κ2) is 10.2. The number of nitrogens with one attached hydrogen (secondary N) is 1. The highest BCUT2D eigenvalue weighted by Crippen LogP contribution is 2.43. The maximum absolute atomic E-state index is 14.0. The van der Waals surface area contributed by atoms with Gasteiger partial charge in [0, 0.05) is 55.2 Å². The minimum Gasteiger partial charge on any atom is -0.390 e. The van der Waals surface area contributed by atoms with Crippen LogP contribution in [0.15, 0.2) is 36.7 Å². The zero-order valence-electron chi connectivity index (χ0n) is 21.9. The van der Waals surface area contributed by atoms with Gasteiger partial charge in [0.05, 0.1) is 19.8 Å². The molecule has 2 aromatic heterocycles. The van der Waals surface area contributed by atoms with Gasteiger partial charge >= 0.3 is 0 Å². The van der Waals surface area contributed by atoms with Crippen molar-refractivity contribution < 1.29 is 14.1 Å². The molecule has 2 saturated heterocycles. The normalized spacial score (nSPS) is 20.9. The van der Waals surface area contributed by atoms with Crippen LogP contribution in [0, 0.1) is 5.92 Å². The zero-order valence-corrected chi connectivity index (χ0v) is 22.8. The van der Waals surface area contributed by atoms with Gasteiger partial charge in [-0.05, 0) is 54.8 Å². The number of rotatable bonds is 7. The Morgan fingerprint density at radius 1 is 1.11 bits per heavy atom. The average Bonchev–Trinajstić information content (AvgIpc) is 2.82. The molecule has 0 spiro atoms. The van der Waals surface area contributed by atoms with Crippen molar-refractivity contribution >= 4 is 41.2 Å². The molecule has 37 heavy (non-hydrogen) atoms. The number of benzene rings is 1. The van der Waals surface area contributed by atoms with Gasteiger partial charge < -0.3 is 24.8 Å². The lowest BCUT2D eigenvalue weighted by Crippen LogP contribution is -2.48. The summed E-state index contributed by atoms with van der Waals surface area (Å²) in [6, 6.07) is 8.21. The lowest BCUT2D eigenvalue weighted by atomic mass is 9.93. The minimum absolute atomic E-state index is 0.0742. The van der Waals surface area contributed by atoms with E-state index < -0.39 is 19.4 Å². The molecule has 2 aliphatic heterocycles. The van der Waals surface area contributed by atoms with Gasteiger partial charge in [-0.25, -0.2) is 14.4 Å². The Labute approximate surface area is 217 Å². The SMILES string of the molecule is CC(C)c1ccc(N2CC(CP(C)(C)=O)C2)c2cnc(Nc3ccnc(N4CCC(O)C(F)C4)n3)cc12. The van der Waals surface area contributed by atoms with E-state index in [2.05, 4.69) is 52.2 Å². The first kappa shape index (κ1) is 25.9. The average molecular weight is 527 g/mol. The third-order valence-corrected chi connectivity index (χ3v) is 8.61. The van der Waals surface area contributed by atoms with Crippen molar-refractivity contribution in [1.29, 1.82) is 0 Å². The van der Waals surface area contributed by atoms with Crippen LogP contribution < -0.4 is 15.1 Å². The van der Waals surface area contributed by atoms with E-state index >= 15 is 0 Å². The number of alkyl halides is 1. The summed E-state index contributed by atoms with van der Waals surface area (Å²) >= 11 is 0. The molecule has 8 nitrogen and oxygen atoms in total. The Morgan fingerprint density at radius 2 is 1.89 bits per heavy atom. The third-order valence-electron chi connectivity index (χ3n) is 7.22. The number of hydrogen-bond acceptors (Lipinski definition) is 8. The molecule has 2 fully saturated rings. The molecular weight excluding hydrogens is 490 g/mol. The second-order valence-electron chi connectivity index (χ2n) is 11.2. The van der Waals surface area contributed by atoms with Crippen LogP contribution in [-0.2, 0) is 4.57 Å². The quantitative estimate of drug-likeness (QED) is 0.422. The summed E-state index contributed by atoms with van der Waals surface area (Å²) in [6.45, 7) is 10.5. The number of halogens is 1. The van der Waals surface area contributed by atoms with Crippen molar-refractivity contribution in [2.45, 2.75) is 38.5 Å². The maximum Gasteiger partial charge on any atom is 0.227 e. The lowest BCUT2D eigenvalue weighted by molar-refractivity contribution is 0.0612. The van der Waals surface area contributed by atoms with Crippen molar-refractivity contribution in [2.75, 3.05) is 60.8 Å². The molecule has 4 heterocycles. The monoisotopic (exact) mass is 526 g/mol. The largest absolute Gasteiger partial charge is 0.390 e. The van der Waals surface area contributed by atoms with Crippen molar-refractivity contribution in [3.63, 3.8) is 0 Å². The lowest BCUT2D eigenvalue weighted by Gasteiger charge is -2.42. The van der Waals surface area contributed by atoms with Gasteiger partial charge in [0.2, 0.25) is 5.95 Å². The summed E-state index contributed by atoms with van der Waals surface area (Å²) in [6.07, 6.45) is 2.47. The summed E-state index contributed by atoms with van der Waals surface area (Å²) in [5.74, 6) is 2.50. The van der Waals surface area contributed by atoms with Gasteiger partial charge in [-0.3, -0.25) is 0 Å². The fraction of sp³-hybridized carbons (Fsp3) is 0.519. The van der Waals surface area contributed by atoms with Crippen LogP contribution in [0.3, 0.4) is 0 Å². The highest BCUT2D eigenvalue weighted by atomic mass is 31.2. The fourth-order valence-corrected chi connectivity index (χ4v) is 6.85. The standard InChI is InChI=1S/C27H36FN6O2P/c1-17(2)19-5-6-23(34-13-18(14-34)16-37(3,4)36)21-12-30-26(11-20(19)21)31-25-7-9-29-27(32-25)33-10-8-24(35)22(28)15-33/h5-7,9,11-12,17-18,22,24,35H,8,10,13-16H2,1-4H3,(H,29,30,31,32). The first-order valence-corrected chi connectivity index (χ1v) is 15.7. The van der Waals surface area contributed by atoms with Crippen LogP contribution in [0.5, 0.6) is 0 Å². The number of aliphatic hydroxyl groups is 1. The second-order valence-corrected chi connectivity index (χ2v) is 14.7. The predicted molar refractivity (Wildman–Crippen MR) is 149 cm³/mol. The van der Waals surface area contributed by atoms with Crippen LogP contribution >= 0.6 is 7.14 Å². The Kier molecular flexibility index (Phi) is 7.12. The smallest absolute Gasteiger partial charge is 0.227 e. The van der Waals surface area contributed by atoms with E-state index in [9.17, 15) is 14.1 Å². The molecule has 2 unspecified atom stereocenters. The molecule has 0 radical (unpaired) electrons. The van der Waals surface area contributed by atoms with E-state index in [1.165, 1.54) is 5.56 Å². The van der Waals surface area contributed by atoms with Crippen LogP contribution in [-0.4, -0.2) is 78.0 Å². The van der Waals surface area contributed by atoms with Crippen molar-refractivity contribution in [3.05, 3.63) is 42.2 Å². The highest BCUT2D eigenvalue weighted by Gasteiger charge is 2.31. The highest BCUT2D eigenvalue weighted by molar-refractivity contribution is 7.62. The Morgan fingerprint density at radius 3 is 2.59 bits per heavy atom. The molecule has 0 bridgehead atoms. The van der Waals surface area contributed by atoms with Gasteiger partial charge in [0.15, 0.2) is 0 Å². The number of piperidine rings is 1. The van der Waals surface area contributed by atoms with E-state index in [0.29, 0.717) is 42.4 Å². The maximum atomic E-state index is 14.0. The number of pyridine rings is 1. The number of aromatic nitrogens is 3. The topological polar surface area (TPSA) is 94.5 Å². The first-order chi connectivity index (χ1) is 17.6. The number of nitrogens with zero attached hydrogens (tertiary/aromatic N) is 5. The predicted octanol–water partition coefficient (Wildman–Crippen LogP) is 4.86. The molecule has 1 aromatic carbocycles. The molecule has 0 saturated carbocycles. The van der Waals surface area contributed by atoms with Gasteiger partial charge in [0.1, 0.15) is 17.8 Å². The molecule has 0 aliphatic carbocycles. The number of anilines is 4. The molecule has 3 aromatic rings. The summed E-state index contributed by atoms with van der Waals surface area (Å²) in [5, 5.41) is 15.2. The number of aliphatic hydroxyl groups excluding tert-OH is 1. The van der Waals surface area contributed by atoms with Gasteiger partial charge in [-0.15, -0.1) is 0 Å². The Balaban J connectivity index is 1.39. The molecule has 2 N–H and O–H groups in total. The Hall–Kier alpha value is -2.77. The molecule has 0 amide bonds. The summed E-state index contributed by atoms with van der Waals surface area (Å²) < 4.78 is 26.3. The van der Waals surface area contributed by atoms with E-state index in [4.69, 9.17) is 4.98 Å². The minimum atomic E-state index is -2.02. The van der Waals surface area contributed by atoms with Crippen molar-refractivity contribution in [3.8, 4) is 0 Å². The first-order valence-electron chi connectivity index (χ1n) is 13.0. The molecule has 2 atom stereocenters. The molecule has 2 aliphatic rings. The van der Waals surface area contributed by atoms with Gasteiger partial charge in [-0.2, -0.15) is 4.98 Å². The molecule has 5 rings (SSSR count). The van der Waals surface area contributed by atoms with E-state index in [0.717, 1.165) is 35.7 Å². The number of hydrogen-bond donors (Lipinski definition) is 2. The van der Waals surface area contributed by atoms with Crippen LogP contribution in [0.4, 0.5) is 27.7 Å². The van der Waals surface area contributed by atoms with Gasteiger partial charge in [0.25, 0.3) is 0 Å². The molecule has 198 valence electrons. The summed E-state index contributed by atoms with van der Waals surface area (Å²) in [5.41, 5.74) is 2.41. The Bertz CT molecular complexity index is 1330. The fourth-order valence-electron chi connectivity index (χ4n) is 5.37. The third kappa shape index (κ3) is 5.73. The van der Waals surface area contributed by atoms with Crippen LogP contribution in [0.25, 0.3) is 10.8 Å². The van der Waals surface area contributed by atoms with Crippen molar-refractivity contribution in [2.24, 2.45) is 5.92 Å². The number of fused-ring (bicyclic) bond motifs is 1. The van der Waals surface area contributed by atoms with Crippen LogP contribution in [0.1, 0.15) is 31.7 Å². The molecule has 10 heteroatoms. The summed E-state index contributed by atoms with van der Waals surface area (Å²) in [7, 11) is -2.02.